The summed E-state index contributed by atoms with van der Waals surface area (Å²) in [6.07, 6.45) is 0. The van der Waals surface area contributed by atoms with Gasteiger partial charge in [0.1, 0.15) is 0 Å². The Kier molecular flexibility index (Phi) is 5.17. The summed E-state index contributed by atoms with van der Waals surface area (Å²) < 4.78 is 25.7. The van der Waals surface area contributed by atoms with Gasteiger partial charge in [0.15, 0.2) is 0 Å². The van der Waals surface area contributed by atoms with Gasteiger partial charge in [0.25, 0.3) is 5.91 Å². The summed E-state index contributed by atoms with van der Waals surface area (Å²) in [5.41, 5.74) is 3.87. The molecule has 1 N–H and O–H groups in total. The highest BCUT2D eigenvalue weighted by molar-refractivity contribution is 7.89. The van der Waals surface area contributed by atoms with Crippen LogP contribution in [0.2, 0.25) is 0 Å². The molecule has 2 rings (SSSR count). The number of benzene rings is 1. The van der Waals surface area contributed by atoms with Crippen molar-refractivity contribution >= 4 is 33.0 Å². The van der Waals surface area contributed by atoms with E-state index in [4.69, 9.17) is 0 Å². The highest BCUT2D eigenvalue weighted by atomic mass is 32.2. The van der Waals surface area contributed by atoms with E-state index in [1.54, 1.807) is 6.92 Å². The molecule has 1 aromatic heterocycles. The second kappa shape index (κ2) is 6.66. The van der Waals surface area contributed by atoms with Crippen molar-refractivity contribution in [2.24, 2.45) is 0 Å². The number of nitrogens with one attached hydrogen (secondary N) is 1. The van der Waals surface area contributed by atoms with E-state index in [2.05, 4.69) is 5.32 Å². The SMILES string of the molecule is Cc1cc(C)c(NC(=O)c2cc(S(=O)(=O)N(C)C)c(C)s2)c(C)c1. The summed E-state index contributed by atoms with van der Waals surface area (Å²) in [4.78, 5) is 13.7. The summed E-state index contributed by atoms with van der Waals surface area (Å²) in [5, 5.41) is 2.91. The number of nitrogens with zero attached hydrogens (tertiary/aromatic N) is 1. The number of rotatable bonds is 4. The van der Waals surface area contributed by atoms with Crippen LogP contribution in [-0.4, -0.2) is 32.7 Å². The van der Waals surface area contributed by atoms with Gasteiger partial charge in [-0.25, -0.2) is 12.7 Å². The van der Waals surface area contributed by atoms with Crippen LogP contribution in [0.25, 0.3) is 0 Å². The second-order valence-electron chi connectivity index (χ2n) is 6.05. The van der Waals surface area contributed by atoms with E-state index in [9.17, 15) is 13.2 Å². The Hall–Kier alpha value is -1.70. The van der Waals surface area contributed by atoms with E-state index in [0.717, 1.165) is 26.7 Å². The fourth-order valence-electron chi connectivity index (χ4n) is 2.58. The smallest absolute Gasteiger partial charge is 0.265 e. The van der Waals surface area contributed by atoms with Crippen LogP contribution in [0.3, 0.4) is 0 Å². The quantitative estimate of drug-likeness (QED) is 0.901. The van der Waals surface area contributed by atoms with Crippen molar-refractivity contribution in [2.45, 2.75) is 32.6 Å². The fraction of sp³-hybridized carbons (Fsp3) is 0.353. The molecule has 0 unspecified atom stereocenters. The first-order chi connectivity index (χ1) is 11.0. The lowest BCUT2D eigenvalue weighted by molar-refractivity contribution is 0.103. The standard InChI is InChI=1S/C17H22N2O3S2/c1-10-7-11(2)16(12(3)8-10)18-17(20)14-9-15(13(4)23-14)24(21,22)19(5)6/h7-9H,1-6H3,(H,18,20). The first kappa shape index (κ1) is 18.6. The Bertz CT molecular complexity index is 874. The van der Waals surface area contributed by atoms with Gasteiger partial charge in [-0.05, 0) is 44.9 Å². The van der Waals surface area contributed by atoms with Gasteiger partial charge in [-0.3, -0.25) is 4.79 Å². The minimum Gasteiger partial charge on any atom is -0.321 e. The van der Waals surface area contributed by atoms with Crippen LogP contribution in [0.5, 0.6) is 0 Å². The van der Waals surface area contributed by atoms with Crippen LogP contribution in [0.15, 0.2) is 23.1 Å². The highest BCUT2D eigenvalue weighted by Crippen LogP contribution is 2.29. The Morgan fingerprint density at radius 1 is 1.04 bits per heavy atom. The van der Waals surface area contributed by atoms with E-state index < -0.39 is 10.0 Å². The molecule has 1 amide bonds. The van der Waals surface area contributed by atoms with Crippen molar-refractivity contribution in [3.8, 4) is 0 Å². The van der Waals surface area contributed by atoms with Crippen LogP contribution < -0.4 is 5.32 Å². The lowest BCUT2D eigenvalue weighted by atomic mass is 10.1. The van der Waals surface area contributed by atoms with E-state index in [0.29, 0.717) is 9.75 Å². The first-order valence-corrected chi connectivity index (χ1v) is 9.72. The molecule has 5 nitrogen and oxygen atoms in total. The molecule has 0 spiro atoms. The molecule has 0 fully saturated rings. The second-order valence-corrected chi connectivity index (χ2v) is 9.42. The maximum atomic E-state index is 12.6. The monoisotopic (exact) mass is 366 g/mol. The van der Waals surface area contributed by atoms with E-state index in [1.807, 2.05) is 32.9 Å². The predicted molar refractivity (Wildman–Crippen MR) is 98.5 cm³/mol. The van der Waals surface area contributed by atoms with E-state index in [1.165, 1.54) is 31.5 Å². The number of anilines is 1. The Morgan fingerprint density at radius 3 is 2.08 bits per heavy atom. The van der Waals surface area contributed by atoms with Crippen molar-refractivity contribution in [2.75, 3.05) is 19.4 Å². The van der Waals surface area contributed by atoms with E-state index >= 15 is 0 Å². The zero-order chi connectivity index (χ0) is 18.2. The summed E-state index contributed by atoms with van der Waals surface area (Å²) in [5.74, 6) is -0.293. The number of thiophene rings is 1. The molecule has 24 heavy (non-hydrogen) atoms. The van der Waals surface area contributed by atoms with Crippen molar-refractivity contribution in [3.63, 3.8) is 0 Å². The summed E-state index contributed by atoms with van der Waals surface area (Å²) >= 11 is 1.18. The molecule has 0 saturated carbocycles. The lowest BCUT2D eigenvalue weighted by Crippen LogP contribution is -2.22. The number of carbonyl (C=O) groups is 1. The number of amides is 1. The molecular weight excluding hydrogens is 344 g/mol. The van der Waals surface area contributed by atoms with Crippen molar-refractivity contribution in [1.82, 2.24) is 4.31 Å². The number of hydrogen-bond acceptors (Lipinski definition) is 4. The van der Waals surface area contributed by atoms with Crippen LogP contribution in [0.4, 0.5) is 5.69 Å². The van der Waals surface area contributed by atoms with Crippen LogP contribution >= 0.6 is 11.3 Å². The van der Waals surface area contributed by atoms with Gasteiger partial charge in [-0.1, -0.05) is 17.7 Å². The molecule has 1 aromatic carbocycles. The molecule has 0 aliphatic heterocycles. The highest BCUT2D eigenvalue weighted by Gasteiger charge is 2.24. The Labute approximate surface area is 147 Å². The number of aryl methyl sites for hydroxylation is 4. The number of hydrogen-bond donors (Lipinski definition) is 1. The zero-order valence-corrected chi connectivity index (χ0v) is 16.4. The molecule has 0 saturated heterocycles. The van der Waals surface area contributed by atoms with Gasteiger partial charge in [0.2, 0.25) is 10.0 Å². The first-order valence-electron chi connectivity index (χ1n) is 7.46. The van der Waals surface area contributed by atoms with Crippen LogP contribution in [0, 0.1) is 27.7 Å². The molecule has 2 aromatic rings. The minimum atomic E-state index is -3.55. The predicted octanol–water partition coefficient (Wildman–Crippen LogP) is 3.48. The number of carbonyl (C=O) groups excluding carboxylic acids is 1. The third-order valence-electron chi connectivity index (χ3n) is 3.77. The maximum absolute atomic E-state index is 12.6. The van der Waals surface area contributed by atoms with Gasteiger partial charge < -0.3 is 5.32 Å². The maximum Gasteiger partial charge on any atom is 0.265 e. The molecule has 1 heterocycles. The van der Waals surface area contributed by atoms with Gasteiger partial charge in [-0.15, -0.1) is 11.3 Å². The van der Waals surface area contributed by atoms with E-state index in [-0.39, 0.29) is 10.8 Å². The van der Waals surface area contributed by atoms with Crippen molar-refractivity contribution in [3.05, 3.63) is 44.6 Å². The molecule has 130 valence electrons. The summed E-state index contributed by atoms with van der Waals surface area (Å²) in [6.45, 7) is 7.60. The molecular formula is C17H22N2O3S2. The molecule has 7 heteroatoms. The minimum absolute atomic E-state index is 0.181. The van der Waals surface area contributed by atoms with Gasteiger partial charge >= 0.3 is 0 Å². The lowest BCUT2D eigenvalue weighted by Gasteiger charge is -2.12. The van der Waals surface area contributed by atoms with Gasteiger partial charge in [0.05, 0.1) is 9.77 Å². The topological polar surface area (TPSA) is 66.5 Å². The van der Waals surface area contributed by atoms with Crippen molar-refractivity contribution < 1.29 is 13.2 Å². The Balaban J connectivity index is 2.36. The normalized spacial score (nSPS) is 11.8. The van der Waals surface area contributed by atoms with Crippen LogP contribution in [-0.2, 0) is 10.0 Å². The third kappa shape index (κ3) is 3.53. The number of sulfonamides is 1. The molecule has 0 atom stereocenters. The average molecular weight is 367 g/mol. The largest absolute Gasteiger partial charge is 0.321 e. The van der Waals surface area contributed by atoms with Gasteiger partial charge in [0, 0.05) is 24.7 Å². The molecule has 0 aliphatic carbocycles. The van der Waals surface area contributed by atoms with Gasteiger partial charge in [-0.2, -0.15) is 0 Å². The summed E-state index contributed by atoms with van der Waals surface area (Å²) in [6, 6.07) is 5.46. The average Bonchev–Trinajstić information content (AvgIpc) is 2.85. The fourth-order valence-corrected chi connectivity index (χ4v) is 4.93. The van der Waals surface area contributed by atoms with Crippen LogP contribution in [0.1, 0.15) is 31.2 Å². The molecule has 0 bridgehead atoms. The zero-order valence-electron chi connectivity index (χ0n) is 14.7. The summed E-state index contributed by atoms with van der Waals surface area (Å²) in [7, 11) is -0.597. The van der Waals surface area contributed by atoms with Crippen molar-refractivity contribution in [1.29, 1.82) is 0 Å². The third-order valence-corrected chi connectivity index (χ3v) is 6.89. The molecule has 0 aliphatic rings. The molecule has 0 radical (unpaired) electrons. The Morgan fingerprint density at radius 2 is 1.58 bits per heavy atom.